The van der Waals surface area contributed by atoms with Crippen LogP contribution in [0.15, 0.2) is 0 Å². The largest absolute Gasteiger partial charge is 0.361 e. The molecule has 1 fully saturated rings. The first-order valence-electron chi connectivity index (χ1n) is 8.58. The van der Waals surface area contributed by atoms with Crippen LogP contribution < -0.4 is 0 Å². The standard InChI is InChI=1S/C17H33FO/c1-2-3-13-16-14-11-9-7-5-4-6-8-10-12-15-17(16,18)19/h16,19H,2-15H2,1H3. The van der Waals surface area contributed by atoms with Crippen LogP contribution in [0.25, 0.3) is 0 Å². The van der Waals surface area contributed by atoms with Crippen LogP contribution >= 0.6 is 0 Å². The van der Waals surface area contributed by atoms with E-state index in [9.17, 15) is 9.50 Å². The van der Waals surface area contributed by atoms with Crippen LogP contribution in [0.5, 0.6) is 0 Å². The second-order valence-electron chi connectivity index (χ2n) is 6.38. The van der Waals surface area contributed by atoms with Gasteiger partial charge < -0.3 is 5.11 Å². The van der Waals surface area contributed by atoms with Crippen molar-refractivity contribution in [2.24, 2.45) is 5.92 Å². The van der Waals surface area contributed by atoms with Crippen LogP contribution in [0.3, 0.4) is 0 Å². The Balaban J connectivity index is 2.50. The van der Waals surface area contributed by atoms with E-state index in [4.69, 9.17) is 0 Å². The average molecular weight is 272 g/mol. The summed E-state index contributed by atoms with van der Waals surface area (Å²) < 4.78 is 14.5. The highest BCUT2D eigenvalue weighted by molar-refractivity contribution is 4.77. The zero-order valence-corrected chi connectivity index (χ0v) is 12.8. The van der Waals surface area contributed by atoms with Gasteiger partial charge in [0.1, 0.15) is 0 Å². The van der Waals surface area contributed by atoms with Gasteiger partial charge in [0.05, 0.1) is 0 Å². The van der Waals surface area contributed by atoms with E-state index in [0.717, 1.165) is 44.9 Å². The van der Waals surface area contributed by atoms with E-state index in [1.165, 1.54) is 38.5 Å². The third kappa shape index (κ3) is 7.29. The maximum absolute atomic E-state index is 14.5. The van der Waals surface area contributed by atoms with E-state index in [0.29, 0.717) is 6.42 Å². The molecule has 2 atom stereocenters. The van der Waals surface area contributed by atoms with Gasteiger partial charge in [-0.3, -0.25) is 0 Å². The van der Waals surface area contributed by atoms with Gasteiger partial charge in [-0.15, -0.1) is 0 Å². The molecule has 1 rings (SSSR count). The third-order valence-electron chi connectivity index (χ3n) is 4.61. The zero-order chi connectivity index (χ0) is 14.0. The highest BCUT2D eigenvalue weighted by Gasteiger charge is 2.35. The van der Waals surface area contributed by atoms with Crippen molar-refractivity contribution in [1.29, 1.82) is 0 Å². The maximum atomic E-state index is 14.5. The van der Waals surface area contributed by atoms with Crippen molar-refractivity contribution in [1.82, 2.24) is 0 Å². The Morgan fingerprint density at radius 3 is 2.05 bits per heavy atom. The van der Waals surface area contributed by atoms with E-state index < -0.39 is 5.85 Å². The van der Waals surface area contributed by atoms with Gasteiger partial charge in [0.2, 0.25) is 5.85 Å². The summed E-state index contributed by atoms with van der Waals surface area (Å²) >= 11 is 0. The van der Waals surface area contributed by atoms with Gasteiger partial charge in [0, 0.05) is 12.3 Å². The van der Waals surface area contributed by atoms with E-state index >= 15 is 0 Å². The molecule has 0 spiro atoms. The lowest BCUT2D eigenvalue weighted by atomic mass is 9.86. The summed E-state index contributed by atoms with van der Waals surface area (Å²) in [5.41, 5.74) is 0. The van der Waals surface area contributed by atoms with Crippen LogP contribution in [0.4, 0.5) is 4.39 Å². The molecule has 0 radical (unpaired) electrons. The highest BCUT2D eigenvalue weighted by atomic mass is 19.2. The summed E-state index contributed by atoms with van der Waals surface area (Å²) in [7, 11) is 0. The molecule has 1 aliphatic rings. The minimum Gasteiger partial charge on any atom is -0.361 e. The van der Waals surface area contributed by atoms with E-state index in [1.807, 2.05) is 0 Å². The van der Waals surface area contributed by atoms with E-state index in [1.54, 1.807) is 0 Å². The number of hydrogen-bond donors (Lipinski definition) is 1. The minimum atomic E-state index is -1.91. The highest BCUT2D eigenvalue weighted by Crippen LogP contribution is 2.34. The van der Waals surface area contributed by atoms with Crippen molar-refractivity contribution in [2.75, 3.05) is 0 Å². The molecule has 2 unspecified atom stereocenters. The molecule has 0 bridgehead atoms. The molecule has 1 aliphatic carbocycles. The summed E-state index contributed by atoms with van der Waals surface area (Å²) in [5, 5.41) is 10.1. The molecule has 0 aromatic rings. The monoisotopic (exact) mass is 272 g/mol. The fraction of sp³-hybridized carbons (Fsp3) is 1.00. The van der Waals surface area contributed by atoms with Crippen molar-refractivity contribution in [3.8, 4) is 0 Å². The molecule has 1 nitrogen and oxygen atoms in total. The van der Waals surface area contributed by atoms with Crippen LogP contribution in [0.1, 0.15) is 96.8 Å². The Morgan fingerprint density at radius 1 is 0.947 bits per heavy atom. The number of alkyl halides is 1. The summed E-state index contributed by atoms with van der Waals surface area (Å²) in [6.45, 7) is 2.14. The van der Waals surface area contributed by atoms with Gasteiger partial charge in [-0.25, -0.2) is 4.39 Å². The number of halogens is 1. The second-order valence-corrected chi connectivity index (χ2v) is 6.38. The molecule has 0 aromatic heterocycles. The van der Waals surface area contributed by atoms with Crippen molar-refractivity contribution in [2.45, 2.75) is 103 Å². The van der Waals surface area contributed by atoms with Gasteiger partial charge in [-0.2, -0.15) is 0 Å². The molecular formula is C17H33FO. The Bertz CT molecular complexity index is 215. The predicted molar refractivity (Wildman–Crippen MR) is 79.9 cm³/mol. The fourth-order valence-corrected chi connectivity index (χ4v) is 3.24. The van der Waals surface area contributed by atoms with Crippen molar-refractivity contribution in [3.63, 3.8) is 0 Å². The average Bonchev–Trinajstić information content (AvgIpc) is 2.39. The maximum Gasteiger partial charge on any atom is 0.209 e. The van der Waals surface area contributed by atoms with Crippen molar-refractivity contribution < 1.29 is 9.50 Å². The summed E-state index contributed by atoms with van der Waals surface area (Å²) in [6, 6.07) is 0. The first kappa shape index (κ1) is 16.9. The van der Waals surface area contributed by atoms with Crippen LogP contribution in [-0.4, -0.2) is 11.0 Å². The lowest BCUT2D eigenvalue weighted by molar-refractivity contribution is -0.147. The molecular weight excluding hydrogens is 239 g/mol. The molecule has 0 saturated heterocycles. The number of aliphatic hydroxyl groups is 1. The molecule has 0 aliphatic heterocycles. The third-order valence-corrected chi connectivity index (χ3v) is 4.61. The molecule has 0 amide bonds. The van der Waals surface area contributed by atoms with Gasteiger partial charge in [0.15, 0.2) is 0 Å². The Hall–Kier alpha value is -0.110. The van der Waals surface area contributed by atoms with Crippen LogP contribution in [-0.2, 0) is 0 Å². The Morgan fingerprint density at radius 2 is 1.47 bits per heavy atom. The molecule has 0 heterocycles. The molecule has 19 heavy (non-hydrogen) atoms. The molecule has 0 aromatic carbocycles. The summed E-state index contributed by atoms with van der Waals surface area (Å²) in [4.78, 5) is 0. The molecule has 1 N–H and O–H groups in total. The molecule has 1 saturated carbocycles. The lowest BCUT2D eigenvalue weighted by Crippen LogP contribution is -2.33. The van der Waals surface area contributed by atoms with Crippen molar-refractivity contribution >= 4 is 0 Å². The van der Waals surface area contributed by atoms with Gasteiger partial charge >= 0.3 is 0 Å². The number of unbranched alkanes of at least 4 members (excludes halogenated alkanes) is 1. The van der Waals surface area contributed by atoms with Gasteiger partial charge in [-0.1, -0.05) is 71.1 Å². The summed E-state index contributed by atoms with van der Waals surface area (Å²) in [6.07, 6.45) is 14.8. The van der Waals surface area contributed by atoms with E-state index in [-0.39, 0.29) is 5.92 Å². The number of rotatable bonds is 3. The topological polar surface area (TPSA) is 20.2 Å². The quantitative estimate of drug-likeness (QED) is 0.693. The van der Waals surface area contributed by atoms with Gasteiger partial charge in [0.25, 0.3) is 0 Å². The predicted octanol–water partition coefficient (Wildman–Crippen LogP) is 5.76. The van der Waals surface area contributed by atoms with E-state index in [2.05, 4.69) is 6.92 Å². The minimum absolute atomic E-state index is 0.131. The molecule has 114 valence electrons. The first-order chi connectivity index (χ1) is 9.17. The zero-order valence-electron chi connectivity index (χ0n) is 12.8. The molecule has 2 heteroatoms. The Kier molecular flexibility index (Phi) is 8.69. The normalized spacial score (nSPS) is 32.1. The fourth-order valence-electron chi connectivity index (χ4n) is 3.24. The second kappa shape index (κ2) is 9.74. The van der Waals surface area contributed by atoms with Gasteiger partial charge in [-0.05, 0) is 19.3 Å². The smallest absolute Gasteiger partial charge is 0.209 e. The van der Waals surface area contributed by atoms with Crippen LogP contribution in [0, 0.1) is 5.92 Å². The SMILES string of the molecule is CCCCC1CCCCCCCCCCCC1(O)F. The number of hydrogen-bond acceptors (Lipinski definition) is 1. The summed E-state index contributed by atoms with van der Waals surface area (Å²) in [5.74, 6) is -2.04. The van der Waals surface area contributed by atoms with Crippen LogP contribution in [0.2, 0.25) is 0 Å². The van der Waals surface area contributed by atoms with Crippen molar-refractivity contribution in [3.05, 3.63) is 0 Å². The lowest BCUT2D eigenvalue weighted by Gasteiger charge is -2.29. The first-order valence-corrected chi connectivity index (χ1v) is 8.58. The Labute approximate surface area is 119 Å².